The minimum Gasteiger partial charge on any atom is -0.469 e. The average Bonchev–Trinajstić information content (AvgIpc) is 2.87. The summed E-state index contributed by atoms with van der Waals surface area (Å²) < 4.78 is 10.7. The van der Waals surface area contributed by atoms with Crippen LogP contribution in [0.25, 0.3) is 0 Å². The number of hydrogen-bond donors (Lipinski definition) is 1. The number of furan rings is 1. The van der Waals surface area contributed by atoms with Gasteiger partial charge in [0, 0.05) is 12.5 Å². The van der Waals surface area contributed by atoms with Crippen molar-refractivity contribution in [3.63, 3.8) is 0 Å². The van der Waals surface area contributed by atoms with Crippen molar-refractivity contribution >= 4 is 0 Å². The Kier molecular flexibility index (Phi) is 3.41. The van der Waals surface area contributed by atoms with Gasteiger partial charge in [-0.2, -0.15) is 0 Å². The van der Waals surface area contributed by atoms with Crippen LogP contribution < -0.4 is 5.32 Å². The summed E-state index contributed by atoms with van der Waals surface area (Å²) in [6.45, 7) is 4.65. The van der Waals surface area contributed by atoms with Crippen LogP contribution in [-0.2, 0) is 13.0 Å². The van der Waals surface area contributed by atoms with Crippen LogP contribution in [0.2, 0.25) is 0 Å². The van der Waals surface area contributed by atoms with Crippen LogP contribution in [-0.4, -0.2) is 11.0 Å². The molecule has 0 amide bonds. The monoisotopic (exact) mass is 220 g/mol. The Bertz CT molecular complexity index is 420. The Balaban J connectivity index is 1.77. The first-order valence-corrected chi connectivity index (χ1v) is 5.41. The largest absolute Gasteiger partial charge is 0.469 e. The van der Waals surface area contributed by atoms with Crippen molar-refractivity contribution in [3.8, 4) is 0 Å². The standard InChI is InChI=1S/C12H16N2O2/c1-9(6-11-4-3-5-15-11)13-8-12-14-7-10(2)16-12/h3-5,7,9,13H,6,8H2,1-2H3. The van der Waals surface area contributed by atoms with Crippen LogP contribution in [0.15, 0.2) is 33.4 Å². The van der Waals surface area contributed by atoms with E-state index in [0.717, 1.165) is 23.8 Å². The Labute approximate surface area is 94.7 Å². The molecule has 2 heterocycles. The molecule has 0 saturated heterocycles. The first-order chi connectivity index (χ1) is 7.74. The second-order valence-electron chi connectivity index (χ2n) is 3.93. The minimum absolute atomic E-state index is 0.332. The average molecular weight is 220 g/mol. The fraction of sp³-hybridized carbons (Fsp3) is 0.417. The molecule has 0 aliphatic heterocycles. The van der Waals surface area contributed by atoms with Gasteiger partial charge >= 0.3 is 0 Å². The third-order valence-electron chi connectivity index (χ3n) is 2.36. The number of aryl methyl sites for hydroxylation is 1. The van der Waals surface area contributed by atoms with E-state index in [0.29, 0.717) is 12.6 Å². The van der Waals surface area contributed by atoms with Crippen molar-refractivity contribution in [3.05, 3.63) is 42.0 Å². The molecule has 0 saturated carbocycles. The molecule has 0 fully saturated rings. The van der Waals surface area contributed by atoms with Gasteiger partial charge in [-0.05, 0) is 26.0 Å². The third kappa shape index (κ3) is 2.97. The number of rotatable bonds is 5. The van der Waals surface area contributed by atoms with Crippen molar-refractivity contribution in [1.29, 1.82) is 0 Å². The summed E-state index contributed by atoms with van der Waals surface area (Å²) in [6.07, 6.45) is 4.29. The second-order valence-corrected chi connectivity index (χ2v) is 3.93. The predicted molar refractivity (Wildman–Crippen MR) is 60.0 cm³/mol. The summed E-state index contributed by atoms with van der Waals surface area (Å²) in [4.78, 5) is 4.13. The van der Waals surface area contributed by atoms with E-state index < -0.39 is 0 Å². The van der Waals surface area contributed by atoms with Gasteiger partial charge in [-0.3, -0.25) is 0 Å². The maximum Gasteiger partial charge on any atom is 0.208 e. The predicted octanol–water partition coefficient (Wildman–Crippen LogP) is 2.30. The zero-order valence-electron chi connectivity index (χ0n) is 9.56. The van der Waals surface area contributed by atoms with Crippen LogP contribution in [0.4, 0.5) is 0 Å². The van der Waals surface area contributed by atoms with Crippen LogP contribution in [0.5, 0.6) is 0 Å². The van der Waals surface area contributed by atoms with E-state index >= 15 is 0 Å². The normalized spacial score (nSPS) is 12.9. The fourth-order valence-electron chi connectivity index (χ4n) is 1.55. The highest BCUT2D eigenvalue weighted by atomic mass is 16.4. The van der Waals surface area contributed by atoms with E-state index in [1.54, 1.807) is 12.5 Å². The lowest BCUT2D eigenvalue weighted by atomic mass is 10.2. The Morgan fingerprint density at radius 2 is 2.38 bits per heavy atom. The highest BCUT2D eigenvalue weighted by molar-refractivity contribution is 5.00. The smallest absolute Gasteiger partial charge is 0.208 e. The van der Waals surface area contributed by atoms with Crippen molar-refractivity contribution in [2.24, 2.45) is 0 Å². The maximum absolute atomic E-state index is 5.37. The van der Waals surface area contributed by atoms with Crippen molar-refractivity contribution in [2.75, 3.05) is 0 Å². The first kappa shape index (κ1) is 11.0. The maximum atomic E-state index is 5.37. The first-order valence-electron chi connectivity index (χ1n) is 5.41. The van der Waals surface area contributed by atoms with E-state index in [-0.39, 0.29) is 0 Å². The highest BCUT2D eigenvalue weighted by Crippen LogP contribution is 2.05. The Morgan fingerprint density at radius 1 is 1.50 bits per heavy atom. The molecule has 0 aliphatic rings. The van der Waals surface area contributed by atoms with E-state index in [1.807, 2.05) is 19.1 Å². The van der Waals surface area contributed by atoms with Crippen molar-refractivity contribution in [2.45, 2.75) is 32.9 Å². The number of hydrogen-bond acceptors (Lipinski definition) is 4. The topological polar surface area (TPSA) is 51.2 Å². The summed E-state index contributed by atoms with van der Waals surface area (Å²) in [7, 11) is 0. The van der Waals surface area contributed by atoms with Gasteiger partial charge < -0.3 is 14.2 Å². The molecular weight excluding hydrogens is 204 g/mol. The summed E-state index contributed by atoms with van der Waals surface area (Å²) in [5, 5.41) is 3.33. The molecule has 1 unspecified atom stereocenters. The van der Waals surface area contributed by atoms with Crippen molar-refractivity contribution in [1.82, 2.24) is 10.3 Å². The lowest BCUT2D eigenvalue weighted by molar-refractivity contribution is 0.411. The van der Waals surface area contributed by atoms with Gasteiger partial charge in [0.2, 0.25) is 5.89 Å². The van der Waals surface area contributed by atoms with Crippen LogP contribution >= 0.6 is 0 Å². The third-order valence-corrected chi connectivity index (χ3v) is 2.36. The van der Waals surface area contributed by atoms with Gasteiger partial charge in [0.15, 0.2) is 0 Å². The zero-order chi connectivity index (χ0) is 11.4. The number of oxazole rings is 1. The second kappa shape index (κ2) is 4.99. The molecule has 0 aliphatic carbocycles. The molecule has 0 aromatic carbocycles. The molecule has 86 valence electrons. The summed E-state index contributed by atoms with van der Waals surface area (Å²) in [6, 6.07) is 4.21. The molecule has 1 N–H and O–H groups in total. The number of aromatic nitrogens is 1. The molecule has 1 atom stereocenters. The SMILES string of the molecule is Cc1cnc(CNC(C)Cc2ccco2)o1. The van der Waals surface area contributed by atoms with Crippen LogP contribution in [0, 0.1) is 6.92 Å². The van der Waals surface area contributed by atoms with E-state index in [1.165, 1.54) is 0 Å². The lowest BCUT2D eigenvalue weighted by Crippen LogP contribution is -2.27. The molecule has 2 aromatic rings. The van der Waals surface area contributed by atoms with E-state index in [2.05, 4.69) is 17.2 Å². The Hall–Kier alpha value is -1.55. The van der Waals surface area contributed by atoms with Gasteiger partial charge in [0.05, 0.1) is 19.0 Å². The summed E-state index contributed by atoms with van der Waals surface area (Å²) in [5.41, 5.74) is 0. The molecule has 4 nitrogen and oxygen atoms in total. The number of nitrogens with zero attached hydrogens (tertiary/aromatic N) is 1. The zero-order valence-corrected chi connectivity index (χ0v) is 9.56. The molecule has 0 spiro atoms. The van der Waals surface area contributed by atoms with E-state index in [9.17, 15) is 0 Å². The van der Waals surface area contributed by atoms with Gasteiger partial charge in [0.25, 0.3) is 0 Å². The molecule has 16 heavy (non-hydrogen) atoms. The fourth-order valence-corrected chi connectivity index (χ4v) is 1.55. The molecule has 0 radical (unpaired) electrons. The lowest BCUT2D eigenvalue weighted by Gasteiger charge is -2.10. The van der Waals surface area contributed by atoms with E-state index in [4.69, 9.17) is 8.83 Å². The van der Waals surface area contributed by atoms with Crippen molar-refractivity contribution < 1.29 is 8.83 Å². The summed E-state index contributed by atoms with van der Waals surface area (Å²) >= 11 is 0. The number of nitrogens with one attached hydrogen (secondary N) is 1. The van der Waals surface area contributed by atoms with Gasteiger partial charge in [-0.25, -0.2) is 4.98 Å². The quantitative estimate of drug-likeness (QED) is 0.840. The molecule has 4 heteroatoms. The highest BCUT2D eigenvalue weighted by Gasteiger charge is 2.07. The molecule has 2 aromatic heterocycles. The molecule has 2 rings (SSSR count). The Morgan fingerprint density at radius 3 is 3.00 bits per heavy atom. The van der Waals surface area contributed by atoms with Gasteiger partial charge in [-0.15, -0.1) is 0 Å². The van der Waals surface area contributed by atoms with Gasteiger partial charge in [0.1, 0.15) is 11.5 Å². The minimum atomic E-state index is 0.332. The molecular formula is C12H16N2O2. The van der Waals surface area contributed by atoms with Crippen LogP contribution in [0.1, 0.15) is 24.3 Å². The summed E-state index contributed by atoms with van der Waals surface area (Å²) in [5.74, 6) is 2.56. The van der Waals surface area contributed by atoms with Gasteiger partial charge in [-0.1, -0.05) is 0 Å². The molecule has 0 bridgehead atoms. The van der Waals surface area contributed by atoms with Crippen LogP contribution in [0.3, 0.4) is 0 Å².